The smallest absolute Gasteiger partial charge is 0.251 e. The first-order valence-corrected chi connectivity index (χ1v) is 9.39. The fourth-order valence-electron chi connectivity index (χ4n) is 2.69. The second-order valence-corrected chi connectivity index (χ2v) is 7.82. The third-order valence-electron chi connectivity index (χ3n) is 4.23. The lowest BCUT2D eigenvalue weighted by atomic mass is 10.0. The molecule has 1 aliphatic carbocycles. The van der Waals surface area contributed by atoms with Crippen molar-refractivity contribution >= 4 is 15.9 Å². The maximum Gasteiger partial charge on any atom is 0.251 e. The maximum absolute atomic E-state index is 12.5. The van der Waals surface area contributed by atoms with E-state index in [4.69, 9.17) is 0 Å². The van der Waals surface area contributed by atoms with E-state index < -0.39 is 10.0 Å². The lowest BCUT2D eigenvalue weighted by Gasteiger charge is -2.19. The first kappa shape index (κ1) is 16.7. The molecule has 0 spiro atoms. The van der Waals surface area contributed by atoms with Crippen LogP contribution in [0.4, 0.5) is 0 Å². The topological polar surface area (TPSA) is 75.3 Å². The first-order chi connectivity index (χ1) is 11.5. The van der Waals surface area contributed by atoms with Gasteiger partial charge in [-0.05, 0) is 55.6 Å². The predicted octanol–water partition coefficient (Wildman–Crippen LogP) is 2.48. The average Bonchev–Trinajstić information content (AvgIpc) is 3.45. The number of nitrogens with one attached hydrogen (secondary N) is 2. The Kier molecular flexibility index (Phi) is 4.69. The fraction of sp³-hybridized carbons (Fsp3) is 0.278. The molecule has 0 bridgehead atoms. The molecule has 126 valence electrons. The van der Waals surface area contributed by atoms with Gasteiger partial charge in [0, 0.05) is 5.56 Å². The van der Waals surface area contributed by atoms with Crippen LogP contribution in [-0.4, -0.2) is 21.4 Å². The Morgan fingerprint density at radius 3 is 2.21 bits per heavy atom. The SMILES string of the molecule is CNS(=O)(=O)c1ccc(C(=O)NC(c2ccccc2)C2CC2)cc1. The molecule has 2 N–H and O–H groups in total. The maximum atomic E-state index is 12.5. The molecule has 3 rings (SSSR count). The lowest BCUT2D eigenvalue weighted by molar-refractivity contribution is 0.0931. The number of amides is 1. The van der Waals surface area contributed by atoms with E-state index in [9.17, 15) is 13.2 Å². The van der Waals surface area contributed by atoms with Crippen LogP contribution in [0.25, 0.3) is 0 Å². The van der Waals surface area contributed by atoms with Gasteiger partial charge in [-0.15, -0.1) is 0 Å². The van der Waals surface area contributed by atoms with Crippen molar-refractivity contribution in [2.75, 3.05) is 7.05 Å². The molecule has 1 unspecified atom stereocenters. The van der Waals surface area contributed by atoms with Crippen LogP contribution < -0.4 is 10.0 Å². The van der Waals surface area contributed by atoms with Crippen LogP contribution in [0.15, 0.2) is 59.5 Å². The average molecular weight is 344 g/mol. The molecule has 0 saturated heterocycles. The Morgan fingerprint density at radius 2 is 1.67 bits per heavy atom. The summed E-state index contributed by atoms with van der Waals surface area (Å²) >= 11 is 0. The van der Waals surface area contributed by atoms with E-state index in [-0.39, 0.29) is 16.8 Å². The molecular weight excluding hydrogens is 324 g/mol. The van der Waals surface area contributed by atoms with Gasteiger partial charge in [-0.1, -0.05) is 30.3 Å². The molecule has 1 saturated carbocycles. The Hall–Kier alpha value is -2.18. The second kappa shape index (κ2) is 6.75. The molecule has 0 radical (unpaired) electrons. The van der Waals surface area contributed by atoms with Crippen LogP contribution in [0.3, 0.4) is 0 Å². The van der Waals surface area contributed by atoms with E-state index >= 15 is 0 Å². The standard InChI is InChI=1S/C18H20N2O3S/c1-19-24(22,23)16-11-9-15(10-12-16)18(21)20-17(14-7-8-14)13-5-3-2-4-6-13/h2-6,9-12,14,17,19H,7-8H2,1H3,(H,20,21). The highest BCUT2D eigenvalue weighted by Crippen LogP contribution is 2.41. The Labute approximate surface area is 142 Å². The summed E-state index contributed by atoms with van der Waals surface area (Å²) in [7, 11) is -2.13. The summed E-state index contributed by atoms with van der Waals surface area (Å²) in [6.45, 7) is 0. The van der Waals surface area contributed by atoms with Crippen molar-refractivity contribution in [3.05, 3.63) is 65.7 Å². The minimum atomic E-state index is -3.49. The molecule has 24 heavy (non-hydrogen) atoms. The van der Waals surface area contributed by atoms with Crippen molar-refractivity contribution < 1.29 is 13.2 Å². The summed E-state index contributed by atoms with van der Waals surface area (Å²) in [4.78, 5) is 12.7. The number of rotatable bonds is 6. The zero-order chi connectivity index (χ0) is 17.2. The number of carbonyl (C=O) groups excluding carboxylic acids is 1. The van der Waals surface area contributed by atoms with Crippen LogP contribution in [0.2, 0.25) is 0 Å². The predicted molar refractivity (Wildman–Crippen MR) is 92.1 cm³/mol. The summed E-state index contributed by atoms with van der Waals surface area (Å²) in [6.07, 6.45) is 2.22. The van der Waals surface area contributed by atoms with Crippen molar-refractivity contribution in [2.24, 2.45) is 5.92 Å². The van der Waals surface area contributed by atoms with Crippen LogP contribution in [0, 0.1) is 5.92 Å². The Balaban J connectivity index is 1.76. The van der Waals surface area contributed by atoms with Crippen LogP contribution in [0.1, 0.15) is 34.8 Å². The van der Waals surface area contributed by atoms with Gasteiger partial charge in [0.05, 0.1) is 10.9 Å². The summed E-state index contributed by atoms with van der Waals surface area (Å²) in [5.74, 6) is 0.282. The molecule has 1 aliphatic rings. The van der Waals surface area contributed by atoms with Crippen molar-refractivity contribution in [3.8, 4) is 0 Å². The molecule has 2 aromatic carbocycles. The minimum absolute atomic E-state index is 0.000539. The summed E-state index contributed by atoms with van der Waals surface area (Å²) < 4.78 is 25.7. The normalized spacial score (nSPS) is 15.7. The fourth-order valence-corrected chi connectivity index (χ4v) is 3.42. The number of hydrogen-bond donors (Lipinski definition) is 2. The molecule has 0 aromatic heterocycles. The molecule has 1 fully saturated rings. The lowest BCUT2D eigenvalue weighted by Crippen LogP contribution is -2.30. The first-order valence-electron chi connectivity index (χ1n) is 7.90. The van der Waals surface area contributed by atoms with Crippen LogP contribution >= 0.6 is 0 Å². The van der Waals surface area contributed by atoms with Gasteiger partial charge in [-0.3, -0.25) is 4.79 Å². The molecule has 0 aliphatic heterocycles. The van der Waals surface area contributed by atoms with Gasteiger partial charge in [0.2, 0.25) is 10.0 Å². The number of carbonyl (C=O) groups is 1. The van der Waals surface area contributed by atoms with E-state index in [1.807, 2.05) is 30.3 Å². The Bertz CT molecular complexity index is 813. The van der Waals surface area contributed by atoms with Gasteiger partial charge in [0.25, 0.3) is 5.91 Å². The minimum Gasteiger partial charge on any atom is -0.345 e. The van der Waals surface area contributed by atoms with Gasteiger partial charge in [-0.25, -0.2) is 13.1 Å². The van der Waals surface area contributed by atoms with E-state index in [0.29, 0.717) is 11.5 Å². The van der Waals surface area contributed by atoms with Crippen molar-refractivity contribution in [3.63, 3.8) is 0 Å². The zero-order valence-electron chi connectivity index (χ0n) is 13.4. The third kappa shape index (κ3) is 3.66. The van der Waals surface area contributed by atoms with E-state index in [1.165, 1.54) is 31.3 Å². The monoisotopic (exact) mass is 344 g/mol. The molecular formula is C18H20N2O3S. The highest BCUT2D eigenvalue weighted by atomic mass is 32.2. The summed E-state index contributed by atoms with van der Waals surface area (Å²) in [6, 6.07) is 15.9. The van der Waals surface area contributed by atoms with Crippen molar-refractivity contribution in [1.82, 2.24) is 10.0 Å². The van der Waals surface area contributed by atoms with Gasteiger partial charge in [-0.2, -0.15) is 0 Å². The number of benzene rings is 2. The quantitative estimate of drug-likeness (QED) is 0.845. The van der Waals surface area contributed by atoms with Crippen molar-refractivity contribution in [1.29, 1.82) is 0 Å². The Morgan fingerprint density at radius 1 is 1.04 bits per heavy atom. The number of hydrogen-bond acceptors (Lipinski definition) is 3. The molecule has 6 heteroatoms. The van der Waals surface area contributed by atoms with Crippen molar-refractivity contribution in [2.45, 2.75) is 23.8 Å². The zero-order valence-corrected chi connectivity index (χ0v) is 14.2. The van der Waals surface area contributed by atoms with Crippen LogP contribution in [0.5, 0.6) is 0 Å². The second-order valence-electron chi connectivity index (χ2n) is 5.93. The van der Waals surface area contributed by atoms with E-state index in [0.717, 1.165) is 18.4 Å². The molecule has 1 atom stereocenters. The van der Waals surface area contributed by atoms with Gasteiger partial charge < -0.3 is 5.32 Å². The highest BCUT2D eigenvalue weighted by Gasteiger charge is 2.33. The van der Waals surface area contributed by atoms with Crippen LogP contribution in [-0.2, 0) is 10.0 Å². The molecule has 5 nitrogen and oxygen atoms in total. The summed E-state index contributed by atoms with van der Waals surface area (Å²) in [5.41, 5.74) is 1.55. The third-order valence-corrected chi connectivity index (χ3v) is 5.66. The van der Waals surface area contributed by atoms with Gasteiger partial charge in [0.15, 0.2) is 0 Å². The van der Waals surface area contributed by atoms with E-state index in [2.05, 4.69) is 10.0 Å². The van der Waals surface area contributed by atoms with Gasteiger partial charge in [0.1, 0.15) is 0 Å². The largest absolute Gasteiger partial charge is 0.345 e. The molecule has 2 aromatic rings. The van der Waals surface area contributed by atoms with E-state index in [1.54, 1.807) is 0 Å². The number of sulfonamides is 1. The highest BCUT2D eigenvalue weighted by molar-refractivity contribution is 7.89. The summed E-state index contributed by atoms with van der Waals surface area (Å²) in [5, 5.41) is 3.08. The molecule has 0 heterocycles. The molecule has 1 amide bonds. The van der Waals surface area contributed by atoms with Gasteiger partial charge >= 0.3 is 0 Å².